The van der Waals surface area contributed by atoms with Crippen molar-refractivity contribution < 1.29 is 9.53 Å². The molecule has 0 N–H and O–H groups in total. The van der Waals surface area contributed by atoms with Crippen molar-refractivity contribution in [2.24, 2.45) is 4.99 Å². The molecule has 2 aromatic heterocycles. The number of rotatable bonds is 4. The predicted molar refractivity (Wildman–Crippen MR) is 116 cm³/mol. The number of nitrogens with zero attached hydrogens (tertiary/aromatic N) is 2. The van der Waals surface area contributed by atoms with Crippen LogP contribution in [0.2, 0.25) is 0 Å². The average molecular weight is 425 g/mol. The fourth-order valence-corrected chi connectivity index (χ4v) is 5.19. The molecule has 0 fully saturated rings. The maximum Gasteiger partial charge on any atom is 0.338 e. The number of hydrogen-bond acceptors (Lipinski definition) is 6. The SMILES string of the molecule is CCOC(=O)C1=C(C)N=c2s/c(=C/c3ccc(C)cc3)c(=O)n2[C@@H]1c1cccs1. The lowest BCUT2D eigenvalue weighted by atomic mass is 10.0. The van der Waals surface area contributed by atoms with E-state index in [0.717, 1.165) is 16.0 Å². The van der Waals surface area contributed by atoms with Crippen molar-refractivity contribution >= 4 is 34.7 Å². The maximum absolute atomic E-state index is 13.3. The highest BCUT2D eigenvalue weighted by atomic mass is 32.1. The lowest BCUT2D eigenvalue weighted by Gasteiger charge is -2.23. The Morgan fingerprint density at radius 2 is 2.00 bits per heavy atom. The monoisotopic (exact) mass is 424 g/mol. The van der Waals surface area contributed by atoms with Crippen LogP contribution in [0.3, 0.4) is 0 Å². The molecule has 1 aliphatic rings. The zero-order valence-electron chi connectivity index (χ0n) is 16.3. The number of ether oxygens (including phenoxy) is 1. The molecule has 0 spiro atoms. The highest BCUT2D eigenvalue weighted by Crippen LogP contribution is 2.33. The normalized spacial score (nSPS) is 16.5. The molecule has 3 aromatic rings. The molecule has 5 nitrogen and oxygen atoms in total. The number of esters is 1. The molecule has 0 radical (unpaired) electrons. The van der Waals surface area contributed by atoms with E-state index in [9.17, 15) is 9.59 Å². The molecule has 0 bridgehead atoms. The van der Waals surface area contributed by atoms with Crippen LogP contribution in [-0.2, 0) is 9.53 Å². The van der Waals surface area contributed by atoms with Crippen molar-refractivity contribution in [2.45, 2.75) is 26.8 Å². The van der Waals surface area contributed by atoms with E-state index in [0.29, 0.717) is 20.6 Å². The molecule has 0 saturated heterocycles. The molecule has 29 heavy (non-hydrogen) atoms. The van der Waals surface area contributed by atoms with Crippen molar-refractivity contribution in [1.82, 2.24) is 4.57 Å². The van der Waals surface area contributed by atoms with Gasteiger partial charge in [0.1, 0.15) is 6.04 Å². The second-order valence-corrected chi connectivity index (χ2v) is 8.72. The fourth-order valence-electron chi connectivity index (χ4n) is 3.32. The smallest absolute Gasteiger partial charge is 0.338 e. The van der Waals surface area contributed by atoms with Gasteiger partial charge in [0.25, 0.3) is 5.56 Å². The van der Waals surface area contributed by atoms with Crippen LogP contribution in [0.4, 0.5) is 0 Å². The number of thiophene rings is 1. The Morgan fingerprint density at radius 1 is 1.24 bits per heavy atom. The zero-order valence-corrected chi connectivity index (χ0v) is 18.0. The summed E-state index contributed by atoms with van der Waals surface area (Å²) in [5.41, 5.74) is 2.97. The van der Waals surface area contributed by atoms with Crippen LogP contribution in [0.1, 0.15) is 35.9 Å². The van der Waals surface area contributed by atoms with E-state index in [-0.39, 0.29) is 12.2 Å². The van der Waals surface area contributed by atoms with Gasteiger partial charge in [0.05, 0.1) is 22.4 Å². The van der Waals surface area contributed by atoms with Crippen LogP contribution in [0.5, 0.6) is 0 Å². The molecular weight excluding hydrogens is 404 g/mol. The third kappa shape index (κ3) is 3.63. The third-order valence-electron chi connectivity index (χ3n) is 4.70. The van der Waals surface area contributed by atoms with Gasteiger partial charge in [-0.05, 0) is 43.9 Å². The van der Waals surface area contributed by atoms with Crippen molar-refractivity contribution in [3.8, 4) is 0 Å². The topological polar surface area (TPSA) is 60.7 Å². The number of carbonyl (C=O) groups excluding carboxylic acids is 1. The van der Waals surface area contributed by atoms with E-state index >= 15 is 0 Å². The number of carbonyl (C=O) groups is 1. The summed E-state index contributed by atoms with van der Waals surface area (Å²) in [6.07, 6.45) is 1.87. The second kappa shape index (κ2) is 7.93. The van der Waals surface area contributed by atoms with E-state index < -0.39 is 12.0 Å². The van der Waals surface area contributed by atoms with E-state index in [4.69, 9.17) is 4.74 Å². The van der Waals surface area contributed by atoms with Gasteiger partial charge in [-0.15, -0.1) is 11.3 Å². The molecule has 0 saturated carbocycles. The van der Waals surface area contributed by atoms with E-state index in [1.165, 1.54) is 22.7 Å². The summed E-state index contributed by atoms with van der Waals surface area (Å²) < 4.78 is 7.49. The molecule has 7 heteroatoms. The van der Waals surface area contributed by atoms with Crippen LogP contribution in [0.15, 0.2) is 62.8 Å². The van der Waals surface area contributed by atoms with Gasteiger partial charge in [-0.2, -0.15) is 0 Å². The van der Waals surface area contributed by atoms with Gasteiger partial charge in [-0.1, -0.05) is 47.2 Å². The number of hydrogen-bond donors (Lipinski definition) is 0. The lowest BCUT2D eigenvalue weighted by Crippen LogP contribution is -2.39. The van der Waals surface area contributed by atoms with Gasteiger partial charge in [-0.3, -0.25) is 9.36 Å². The Morgan fingerprint density at radius 3 is 2.66 bits per heavy atom. The van der Waals surface area contributed by atoms with Gasteiger partial charge >= 0.3 is 5.97 Å². The summed E-state index contributed by atoms with van der Waals surface area (Å²) in [4.78, 5) is 32.1. The van der Waals surface area contributed by atoms with Crippen LogP contribution >= 0.6 is 22.7 Å². The number of benzene rings is 1. The minimum absolute atomic E-state index is 0.151. The Labute approximate surface area is 175 Å². The number of aryl methyl sites for hydroxylation is 1. The molecular formula is C22H20N2O3S2. The predicted octanol–water partition coefficient (Wildman–Crippen LogP) is 3.17. The molecule has 1 aromatic carbocycles. The van der Waals surface area contributed by atoms with Crippen LogP contribution in [0.25, 0.3) is 6.08 Å². The summed E-state index contributed by atoms with van der Waals surface area (Å²) in [7, 11) is 0. The van der Waals surface area contributed by atoms with E-state index in [1.807, 2.05) is 54.8 Å². The Bertz CT molecular complexity index is 1260. The Kier molecular flexibility index (Phi) is 5.34. The quantitative estimate of drug-likeness (QED) is 0.605. The van der Waals surface area contributed by atoms with Crippen LogP contribution in [0, 0.1) is 6.92 Å². The van der Waals surface area contributed by atoms with Crippen molar-refractivity contribution in [1.29, 1.82) is 0 Å². The first-order valence-electron chi connectivity index (χ1n) is 9.29. The second-order valence-electron chi connectivity index (χ2n) is 6.73. The molecule has 3 heterocycles. The van der Waals surface area contributed by atoms with Crippen molar-refractivity contribution in [2.75, 3.05) is 6.61 Å². The van der Waals surface area contributed by atoms with Gasteiger partial charge in [0, 0.05) is 4.88 Å². The first-order valence-corrected chi connectivity index (χ1v) is 11.0. The van der Waals surface area contributed by atoms with Crippen molar-refractivity contribution in [3.63, 3.8) is 0 Å². The molecule has 0 amide bonds. The molecule has 0 unspecified atom stereocenters. The summed E-state index contributed by atoms with van der Waals surface area (Å²) in [5.74, 6) is -0.431. The maximum atomic E-state index is 13.3. The summed E-state index contributed by atoms with van der Waals surface area (Å²) in [5, 5.41) is 1.94. The summed E-state index contributed by atoms with van der Waals surface area (Å²) in [6, 6.07) is 11.3. The van der Waals surface area contributed by atoms with Crippen LogP contribution < -0.4 is 14.9 Å². The van der Waals surface area contributed by atoms with Gasteiger partial charge in [-0.25, -0.2) is 9.79 Å². The zero-order chi connectivity index (χ0) is 20.5. The van der Waals surface area contributed by atoms with E-state index in [1.54, 1.807) is 18.4 Å². The lowest BCUT2D eigenvalue weighted by molar-refractivity contribution is -0.139. The van der Waals surface area contributed by atoms with Crippen LogP contribution in [-0.4, -0.2) is 17.1 Å². The number of aromatic nitrogens is 1. The van der Waals surface area contributed by atoms with Gasteiger partial charge < -0.3 is 4.74 Å². The first kappa shape index (κ1) is 19.5. The first-order chi connectivity index (χ1) is 14.0. The highest BCUT2D eigenvalue weighted by molar-refractivity contribution is 7.10. The van der Waals surface area contributed by atoms with E-state index in [2.05, 4.69) is 4.99 Å². The average Bonchev–Trinajstić information content (AvgIpc) is 3.32. The Hall–Kier alpha value is -2.77. The minimum Gasteiger partial charge on any atom is -0.463 e. The van der Waals surface area contributed by atoms with Crippen molar-refractivity contribution in [3.05, 3.63) is 88.7 Å². The van der Waals surface area contributed by atoms with Gasteiger partial charge in [0.15, 0.2) is 4.80 Å². The molecule has 0 aliphatic carbocycles. The number of fused-ring (bicyclic) bond motifs is 1. The molecule has 148 valence electrons. The molecule has 4 rings (SSSR count). The van der Waals surface area contributed by atoms with Gasteiger partial charge in [0.2, 0.25) is 0 Å². The largest absolute Gasteiger partial charge is 0.463 e. The summed E-state index contributed by atoms with van der Waals surface area (Å²) in [6.45, 7) is 5.86. The third-order valence-corrected chi connectivity index (χ3v) is 6.61. The minimum atomic E-state index is -0.523. The number of thiazole rings is 1. The molecule has 1 aliphatic heterocycles. The number of allylic oxidation sites excluding steroid dienone is 1. The summed E-state index contributed by atoms with van der Waals surface area (Å²) >= 11 is 2.85. The standard InChI is InChI=1S/C22H20N2O3S2/c1-4-27-21(26)18-14(3)23-22-24(19(18)16-6-5-11-28-16)20(25)17(29-22)12-15-9-7-13(2)8-10-15/h5-12,19H,4H2,1-3H3/b17-12+/t19-/m1/s1. The Balaban J connectivity index is 1.93. The fraction of sp³-hybridized carbons (Fsp3) is 0.227. The molecule has 1 atom stereocenters. The highest BCUT2D eigenvalue weighted by Gasteiger charge is 2.33.